The average molecular weight is 280 g/mol. The topological polar surface area (TPSA) is 36.4 Å². The first-order valence-corrected chi connectivity index (χ1v) is 7.23. The molecule has 1 aliphatic carbocycles. The monoisotopic (exact) mass is 279 g/mol. The number of amides is 1. The first-order chi connectivity index (χ1) is 9.22. The highest BCUT2D eigenvalue weighted by Gasteiger charge is 2.27. The maximum Gasteiger partial charge on any atom is 0.254 e. The van der Waals surface area contributed by atoms with Gasteiger partial charge in [-0.25, -0.2) is 4.98 Å². The maximum atomic E-state index is 12.3. The van der Waals surface area contributed by atoms with E-state index in [9.17, 15) is 4.79 Å². The van der Waals surface area contributed by atoms with Gasteiger partial charge in [0.2, 0.25) is 0 Å². The fourth-order valence-corrected chi connectivity index (χ4v) is 2.69. The zero-order valence-corrected chi connectivity index (χ0v) is 11.6. The summed E-state index contributed by atoms with van der Waals surface area (Å²) in [6.45, 7) is 4.81. The van der Waals surface area contributed by atoms with E-state index < -0.39 is 0 Å². The van der Waals surface area contributed by atoms with Gasteiger partial charge >= 0.3 is 0 Å². The van der Waals surface area contributed by atoms with Crippen molar-refractivity contribution in [3.05, 3.63) is 29.0 Å². The zero-order valence-electron chi connectivity index (χ0n) is 10.9. The Morgan fingerprint density at radius 3 is 2.68 bits per heavy atom. The molecule has 2 aliphatic rings. The standard InChI is InChI=1S/C14H18ClN3O/c15-13-9-12(3-4-16-13)14(19)18-7-5-17(6-8-18)10-11-1-2-11/h3-4,9,11H,1-2,5-8,10H2. The minimum absolute atomic E-state index is 0.0652. The molecule has 0 aromatic carbocycles. The van der Waals surface area contributed by atoms with Crippen molar-refractivity contribution in [2.75, 3.05) is 32.7 Å². The molecule has 0 bridgehead atoms. The van der Waals surface area contributed by atoms with E-state index in [4.69, 9.17) is 11.6 Å². The summed E-state index contributed by atoms with van der Waals surface area (Å²) in [5, 5.41) is 0.373. The van der Waals surface area contributed by atoms with Crippen molar-refractivity contribution < 1.29 is 4.79 Å². The number of carbonyl (C=O) groups excluding carboxylic acids is 1. The van der Waals surface area contributed by atoms with Crippen molar-refractivity contribution in [3.8, 4) is 0 Å². The largest absolute Gasteiger partial charge is 0.336 e. The smallest absolute Gasteiger partial charge is 0.254 e. The van der Waals surface area contributed by atoms with Crippen molar-refractivity contribution in [2.45, 2.75) is 12.8 Å². The van der Waals surface area contributed by atoms with E-state index in [2.05, 4.69) is 9.88 Å². The van der Waals surface area contributed by atoms with Crippen molar-refractivity contribution >= 4 is 17.5 Å². The highest BCUT2D eigenvalue weighted by molar-refractivity contribution is 6.29. The van der Waals surface area contributed by atoms with Gasteiger partial charge in [-0.2, -0.15) is 0 Å². The van der Waals surface area contributed by atoms with Crippen LogP contribution in [0.15, 0.2) is 18.3 Å². The molecule has 5 heteroatoms. The lowest BCUT2D eigenvalue weighted by molar-refractivity contribution is 0.0632. The first-order valence-electron chi connectivity index (χ1n) is 6.85. The molecule has 102 valence electrons. The molecule has 1 amide bonds. The fraction of sp³-hybridized carbons (Fsp3) is 0.571. The molecule has 1 saturated heterocycles. The molecule has 1 saturated carbocycles. The maximum absolute atomic E-state index is 12.3. The zero-order chi connectivity index (χ0) is 13.2. The van der Waals surface area contributed by atoms with E-state index in [0.29, 0.717) is 10.7 Å². The molecule has 1 aromatic heterocycles. The van der Waals surface area contributed by atoms with Crippen LogP contribution in [0.4, 0.5) is 0 Å². The van der Waals surface area contributed by atoms with Crippen molar-refractivity contribution in [1.29, 1.82) is 0 Å². The van der Waals surface area contributed by atoms with Crippen LogP contribution in [0.1, 0.15) is 23.2 Å². The Morgan fingerprint density at radius 1 is 1.32 bits per heavy atom. The predicted molar refractivity (Wildman–Crippen MR) is 74.3 cm³/mol. The minimum atomic E-state index is 0.0652. The molecule has 2 fully saturated rings. The third-order valence-corrected chi connectivity index (χ3v) is 4.05. The van der Waals surface area contributed by atoms with Gasteiger partial charge in [0.15, 0.2) is 0 Å². The second kappa shape index (κ2) is 5.47. The van der Waals surface area contributed by atoms with Crippen LogP contribution in [-0.2, 0) is 0 Å². The number of aromatic nitrogens is 1. The summed E-state index contributed by atoms with van der Waals surface area (Å²) in [6.07, 6.45) is 4.35. The Bertz CT molecular complexity index is 468. The molecule has 3 rings (SSSR count). The molecular formula is C14H18ClN3O. The lowest BCUT2D eigenvalue weighted by atomic mass is 10.2. The SMILES string of the molecule is O=C(c1ccnc(Cl)c1)N1CCN(CC2CC2)CC1. The highest BCUT2D eigenvalue weighted by Crippen LogP contribution is 2.30. The molecule has 1 aromatic rings. The molecule has 0 N–H and O–H groups in total. The van der Waals surface area contributed by atoms with Crippen LogP contribution in [-0.4, -0.2) is 53.4 Å². The summed E-state index contributed by atoms with van der Waals surface area (Å²) in [7, 11) is 0. The van der Waals surface area contributed by atoms with Crippen molar-refractivity contribution in [3.63, 3.8) is 0 Å². The van der Waals surface area contributed by atoms with Gasteiger partial charge in [-0.05, 0) is 30.9 Å². The quantitative estimate of drug-likeness (QED) is 0.793. The van der Waals surface area contributed by atoms with Crippen LogP contribution in [0.25, 0.3) is 0 Å². The average Bonchev–Trinajstić information content (AvgIpc) is 3.23. The summed E-state index contributed by atoms with van der Waals surface area (Å²) in [6, 6.07) is 3.37. The van der Waals surface area contributed by atoms with Crippen molar-refractivity contribution in [2.24, 2.45) is 5.92 Å². The van der Waals surface area contributed by atoms with E-state index in [0.717, 1.165) is 32.1 Å². The van der Waals surface area contributed by atoms with Gasteiger partial charge in [0, 0.05) is 44.5 Å². The molecule has 1 aliphatic heterocycles. The van der Waals surface area contributed by atoms with Gasteiger partial charge < -0.3 is 4.90 Å². The van der Waals surface area contributed by atoms with Gasteiger partial charge in [-0.15, -0.1) is 0 Å². The van der Waals surface area contributed by atoms with Crippen molar-refractivity contribution in [1.82, 2.24) is 14.8 Å². The van der Waals surface area contributed by atoms with Crippen LogP contribution < -0.4 is 0 Å². The third-order valence-electron chi connectivity index (χ3n) is 3.85. The molecular weight excluding hydrogens is 262 g/mol. The van der Waals surface area contributed by atoms with Gasteiger partial charge in [-0.3, -0.25) is 9.69 Å². The molecule has 0 unspecified atom stereocenters. The molecule has 0 atom stereocenters. The highest BCUT2D eigenvalue weighted by atomic mass is 35.5. The first kappa shape index (κ1) is 12.9. The lowest BCUT2D eigenvalue weighted by Gasteiger charge is -2.34. The number of carbonyl (C=O) groups is 1. The molecule has 4 nitrogen and oxygen atoms in total. The Morgan fingerprint density at radius 2 is 2.05 bits per heavy atom. The Balaban J connectivity index is 1.56. The number of hydrogen-bond acceptors (Lipinski definition) is 3. The molecule has 0 spiro atoms. The fourth-order valence-electron chi connectivity index (χ4n) is 2.52. The van der Waals surface area contributed by atoms with E-state index >= 15 is 0 Å². The lowest BCUT2D eigenvalue weighted by Crippen LogP contribution is -2.49. The summed E-state index contributed by atoms with van der Waals surface area (Å²) in [5.74, 6) is 0.983. The normalized spacial score (nSPS) is 20.6. The Labute approximate surface area is 118 Å². The predicted octanol–water partition coefficient (Wildman–Crippen LogP) is 1.90. The van der Waals surface area contributed by atoms with Crippen LogP contribution in [0, 0.1) is 5.92 Å². The summed E-state index contributed by atoms with van der Waals surface area (Å²) in [5.41, 5.74) is 0.635. The number of piperazine rings is 1. The molecule has 2 heterocycles. The van der Waals surface area contributed by atoms with E-state index in [-0.39, 0.29) is 5.91 Å². The van der Waals surface area contributed by atoms with Crippen LogP contribution in [0.3, 0.4) is 0 Å². The number of pyridine rings is 1. The summed E-state index contributed by atoms with van der Waals surface area (Å²) in [4.78, 5) is 20.6. The number of halogens is 1. The number of rotatable bonds is 3. The number of hydrogen-bond donors (Lipinski definition) is 0. The molecule has 19 heavy (non-hydrogen) atoms. The van der Waals surface area contributed by atoms with Crippen LogP contribution in [0.5, 0.6) is 0 Å². The summed E-state index contributed by atoms with van der Waals surface area (Å²) >= 11 is 5.83. The second-order valence-corrected chi connectivity index (χ2v) is 5.79. The third kappa shape index (κ3) is 3.25. The van der Waals surface area contributed by atoms with Gasteiger partial charge in [0.25, 0.3) is 5.91 Å². The van der Waals surface area contributed by atoms with Crippen LogP contribution >= 0.6 is 11.6 Å². The van der Waals surface area contributed by atoms with E-state index in [1.54, 1.807) is 18.3 Å². The van der Waals surface area contributed by atoms with Crippen LogP contribution in [0.2, 0.25) is 5.15 Å². The minimum Gasteiger partial charge on any atom is -0.336 e. The molecule has 0 radical (unpaired) electrons. The second-order valence-electron chi connectivity index (χ2n) is 5.40. The van der Waals surface area contributed by atoms with Gasteiger partial charge in [0.1, 0.15) is 5.15 Å². The van der Waals surface area contributed by atoms with E-state index in [1.165, 1.54) is 19.4 Å². The van der Waals surface area contributed by atoms with Gasteiger partial charge in [-0.1, -0.05) is 11.6 Å². The Hall–Kier alpha value is -1.13. The summed E-state index contributed by atoms with van der Waals surface area (Å²) < 4.78 is 0. The Kier molecular flexibility index (Phi) is 3.71. The van der Waals surface area contributed by atoms with E-state index in [1.807, 2.05) is 4.90 Å². The number of nitrogens with zero attached hydrogens (tertiary/aromatic N) is 3. The van der Waals surface area contributed by atoms with Gasteiger partial charge in [0.05, 0.1) is 0 Å².